The Morgan fingerprint density at radius 1 is 1.18 bits per heavy atom. The van der Waals surface area contributed by atoms with E-state index < -0.39 is 0 Å². The first-order chi connectivity index (χ1) is 8.38. The number of nitrogens with two attached hydrogens (primary N) is 1. The van der Waals surface area contributed by atoms with Gasteiger partial charge in [0, 0.05) is 16.7 Å². The maximum Gasteiger partial charge on any atom is 0.0962 e. The standard InChI is InChI=1S/C14H22N2S/c15-9-8-10-6-7-12-13(10)16-14(17-12)11-4-2-1-3-5-11/h10-11H,1-9,15H2. The average Bonchev–Trinajstić information content (AvgIpc) is 2.93. The van der Waals surface area contributed by atoms with Gasteiger partial charge in [-0.1, -0.05) is 19.3 Å². The fourth-order valence-electron chi connectivity index (χ4n) is 3.33. The lowest BCUT2D eigenvalue weighted by molar-refractivity contribution is 0.441. The first kappa shape index (κ1) is 11.7. The van der Waals surface area contributed by atoms with Gasteiger partial charge in [0.1, 0.15) is 0 Å². The summed E-state index contributed by atoms with van der Waals surface area (Å²) in [4.78, 5) is 6.55. The highest BCUT2D eigenvalue weighted by molar-refractivity contribution is 7.11. The summed E-state index contributed by atoms with van der Waals surface area (Å²) in [5, 5.41) is 1.44. The summed E-state index contributed by atoms with van der Waals surface area (Å²) in [6.45, 7) is 0.806. The van der Waals surface area contributed by atoms with Gasteiger partial charge in [-0.15, -0.1) is 11.3 Å². The summed E-state index contributed by atoms with van der Waals surface area (Å²) >= 11 is 2.01. The van der Waals surface area contributed by atoms with E-state index in [2.05, 4.69) is 0 Å². The highest BCUT2D eigenvalue weighted by Gasteiger charge is 2.28. The molecule has 17 heavy (non-hydrogen) atoms. The van der Waals surface area contributed by atoms with Crippen LogP contribution < -0.4 is 5.73 Å². The molecular weight excluding hydrogens is 228 g/mol. The molecule has 1 unspecified atom stereocenters. The maximum atomic E-state index is 5.69. The molecule has 0 bridgehead atoms. The minimum absolute atomic E-state index is 0.670. The molecule has 94 valence electrons. The summed E-state index contributed by atoms with van der Waals surface area (Å²) in [6, 6.07) is 0. The Morgan fingerprint density at radius 2 is 2.00 bits per heavy atom. The van der Waals surface area contributed by atoms with E-state index in [-0.39, 0.29) is 0 Å². The van der Waals surface area contributed by atoms with Crippen molar-refractivity contribution in [2.75, 3.05) is 6.54 Å². The Labute approximate surface area is 108 Å². The van der Waals surface area contributed by atoms with Gasteiger partial charge < -0.3 is 5.73 Å². The van der Waals surface area contributed by atoms with E-state index in [1.807, 2.05) is 11.3 Å². The highest BCUT2D eigenvalue weighted by Crippen LogP contribution is 2.42. The molecule has 0 amide bonds. The molecule has 1 saturated carbocycles. The van der Waals surface area contributed by atoms with Crippen molar-refractivity contribution in [2.45, 2.75) is 63.2 Å². The number of thiazole rings is 1. The zero-order chi connectivity index (χ0) is 11.7. The molecule has 0 spiro atoms. The Kier molecular flexibility index (Phi) is 3.48. The molecule has 0 aromatic carbocycles. The third-order valence-electron chi connectivity index (χ3n) is 4.32. The fraction of sp³-hybridized carbons (Fsp3) is 0.786. The van der Waals surface area contributed by atoms with Gasteiger partial charge in [0.2, 0.25) is 0 Å². The molecule has 1 atom stereocenters. The fourth-order valence-corrected chi connectivity index (χ4v) is 4.66. The molecule has 1 aromatic heterocycles. The number of aromatic nitrogens is 1. The van der Waals surface area contributed by atoms with Crippen LogP contribution in [0.2, 0.25) is 0 Å². The summed E-state index contributed by atoms with van der Waals surface area (Å²) in [5.74, 6) is 1.45. The van der Waals surface area contributed by atoms with Crippen LogP contribution in [-0.4, -0.2) is 11.5 Å². The van der Waals surface area contributed by atoms with E-state index in [4.69, 9.17) is 10.7 Å². The Hall–Kier alpha value is -0.410. The van der Waals surface area contributed by atoms with Crippen LogP contribution in [0.25, 0.3) is 0 Å². The molecule has 2 aliphatic rings. The molecule has 1 heterocycles. The number of rotatable bonds is 3. The Morgan fingerprint density at radius 3 is 2.76 bits per heavy atom. The molecule has 2 nitrogen and oxygen atoms in total. The third-order valence-corrected chi connectivity index (χ3v) is 5.61. The topological polar surface area (TPSA) is 38.9 Å². The number of nitrogens with zero attached hydrogens (tertiary/aromatic N) is 1. The van der Waals surface area contributed by atoms with Gasteiger partial charge in [-0.2, -0.15) is 0 Å². The van der Waals surface area contributed by atoms with Gasteiger partial charge in [-0.25, -0.2) is 4.98 Å². The lowest BCUT2D eigenvalue weighted by Gasteiger charge is -2.19. The Balaban J connectivity index is 1.77. The normalized spacial score (nSPS) is 25.1. The lowest BCUT2D eigenvalue weighted by atomic mass is 9.90. The number of hydrogen-bond donors (Lipinski definition) is 1. The predicted molar refractivity (Wildman–Crippen MR) is 72.7 cm³/mol. The van der Waals surface area contributed by atoms with Crippen molar-refractivity contribution in [1.29, 1.82) is 0 Å². The summed E-state index contributed by atoms with van der Waals surface area (Å²) in [7, 11) is 0. The van der Waals surface area contributed by atoms with Gasteiger partial charge in [0.25, 0.3) is 0 Å². The van der Waals surface area contributed by atoms with E-state index in [0.29, 0.717) is 5.92 Å². The van der Waals surface area contributed by atoms with Gasteiger partial charge in [0.15, 0.2) is 0 Å². The minimum atomic E-state index is 0.670. The van der Waals surface area contributed by atoms with Crippen molar-refractivity contribution in [3.8, 4) is 0 Å². The van der Waals surface area contributed by atoms with E-state index in [0.717, 1.165) is 18.9 Å². The highest BCUT2D eigenvalue weighted by atomic mass is 32.1. The van der Waals surface area contributed by atoms with Crippen molar-refractivity contribution >= 4 is 11.3 Å². The number of aryl methyl sites for hydroxylation is 1. The van der Waals surface area contributed by atoms with Crippen LogP contribution in [-0.2, 0) is 6.42 Å². The van der Waals surface area contributed by atoms with Crippen molar-refractivity contribution in [2.24, 2.45) is 5.73 Å². The summed E-state index contributed by atoms with van der Waals surface area (Å²) in [6.07, 6.45) is 10.6. The van der Waals surface area contributed by atoms with Crippen LogP contribution in [0.1, 0.15) is 72.4 Å². The molecule has 1 fully saturated rings. The first-order valence-corrected chi connectivity index (χ1v) is 7.89. The lowest BCUT2D eigenvalue weighted by Crippen LogP contribution is -2.07. The summed E-state index contributed by atoms with van der Waals surface area (Å²) < 4.78 is 0. The Bertz CT molecular complexity index is 380. The smallest absolute Gasteiger partial charge is 0.0962 e. The first-order valence-electron chi connectivity index (χ1n) is 7.08. The minimum Gasteiger partial charge on any atom is -0.330 e. The molecule has 2 aliphatic carbocycles. The van der Waals surface area contributed by atoms with Crippen LogP contribution in [0.15, 0.2) is 0 Å². The van der Waals surface area contributed by atoms with Crippen LogP contribution in [0.4, 0.5) is 0 Å². The van der Waals surface area contributed by atoms with Crippen molar-refractivity contribution in [1.82, 2.24) is 4.98 Å². The zero-order valence-corrected chi connectivity index (χ0v) is 11.3. The summed E-state index contributed by atoms with van der Waals surface area (Å²) in [5.41, 5.74) is 7.11. The van der Waals surface area contributed by atoms with E-state index >= 15 is 0 Å². The second kappa shape index (κ2) is 5.07. The van der Waals surface area contributed by atoms with Crippen LogP contribution in [0.3, 0.4) is 0 Å². The largest absolute Gasteiger partial charge is 0.330 e. The van der Waals surface area contributed by atoms with Gasteiger partial charge in [-0.3, -0.25) is 0 Å². The monoisotopic (exact) mass is 250 g/mol. The zero-order valence-electron chi connectivity index (χ0n) is 10.5. The van der Waals surface area contributed by atoms with E-state index in [1.165, 1.54) is 55.6 Å². The molecule has 3 rings (SSSR count). The molecule has 0 aliphatic heterocycles. The second-order valence-corrected chi connectivity index (χ2v) is 6.62. The average molecular weight is 250 g/mol. The molecule has 0 radical (unpaired) electrons. The van der Waals surface area contributed by atoms with Gasteiger partial charge in [-0.05, 0) is 38.6 Å². The van der Waals surface area contributed by atoms with E-state index in [9.17, 15) is 0 Å². The van der Waals surface area contributed by atoms with Crippen LogP contribution in [0, 0.1) is 0 Å². The number of hydrogen-bond acceptors (Lipinski definition) is 3. The second-order valence-electron chi connectivity index (χ2n) is 5.51. The van der Waals surface area contributed by atoms with E-state index in [1.54, 1.807) is 4.88 Å². The quantitative estimate of drug-likeness (QED) is 0.890. The molecule has 1 aromatic rings. The molecular formula is C14H22N2S. The number of fused-ring (bicyclic) bond motifs is 1. The van der Waals surface area contributed by atoms with Gasteiger partial charge in [0.05, 0.1) is 10.7 Å². The van der Waals surface area contributed by atoms with Crippen molar-refractivity contribution in [3.63, 3.8) is 0 Å². The third kappa shape index (κ3) is 2.27. The molecule has 3 heteroatoms. The van der Waals surface area contributed by atoms with Gasteiger partial charge >= 0.3 is 0 Å². The van der Waals surface area contributed by atoms with Crippen molar-refractivity contribution in [3.05, 3.63) is 15.6 Å². The van der Waals surface area contributed by atoms with Crippen molar-refractivity contribution < 1.29 is 0 Å². The maximum absolute atomic E-state index is 5.69. The molecule has 0 saturated heterocycles. The molecule has 2 N–H and O–H groups in total. The van der Waals surface area contributed by atoms with Crippen LogP contribution in [0.5, 0.6) is 0 Å². The predicted octanol–water partition coefficient (Wildman–Crippen LogP) is 3.57. The SMILES string of the molecule is NCCC1CCc2sc(C3CCCCC3)nc21. The van der Waals surface area contributed by atoms with Crippen LogP contribution >= 0.6 is 11.3 Å².